The maximum Gasteiger partial charge on any atom is 0.163 e. The van der Waals surface area contributed by atoms with E-state index in [-0.39, 0.29) is 0 Å². The van der Waals surface area contributed by atoms with Gasteiger partial charge in [-0.25, -0.2) is 9.50 Å². The molecule has 4 aromatic rings. The largest absolute Gasteiger partial charge is 0.493 e. The minimum absolute atomic E-state index is 0.389. The molecule has 2 aromatic heterocycles. The van der Waals surface area contributed by atoms with Gasteiger partial charge in [0.05, 0.1) is 37.8 Å². The van der Waals surface area contributed by atoms with Crippen molar-refractivity contribution in [3.63, 3.8) is 0 Å². The predicted octanol–water partition coefficient (Wildman–Crippen LogP) is 4.99. The fourth-order valence-corrected chi connectivity index (χ4v) is 3.62. The summed E-state index contributed by atoms with van der Waals surface area (Å²) in [7, 11) is 4.91. The Bertz CT molecular complexity index is 1160. The van der Waals surface area contributed by atoms with E-state index in [0.717, 1.165) is 38.2 Å². The molecule has 2 heterocycles. The van der Waals surface area contributed by atoms with Crippen molar-refractivity contribution >= 4 is 21.6 Å². The van der Waals surface area contributed by atoms with Gasteiger partial charge >= 0.3 is 0 Å². The lowest BCUT2D eigenvalue weighted by Gasteiger charge is -2.10. The van der Waals surface area contributed by atoms with Gasteiger partial charge in [0.25, 0.3) is 0 Å². The van der Waals surface area contributed by atoms with Crippen LogP contribution in [0.5, 0.6) is 11.5 Å². The molecule has 0 saturated heterocycles. The van der Waals surface area contributed by atoms with Crippen LogP contribution < -0.4 is 9.47 Å². The molecule has 0 atom stereocenters. The van der Waals surface area contributed by atoms with Gasteiger partial charge in [-0.15, -0.1) is 0 Å². The van der Waals surface area contributed by atoms with Crippen LogP contribution in [0, 0.1) is 0 Å². The van der Waals surface area contributed by atoms with Gasteiger partial charge in [-0.05, 0) is 42.0 Å². The van der Waals surface area contributed by atoms with Crippen LogP contribution in [0.3, 0.4) is 0 Å². The van der Waals surface area contributed by atoms with Gasteiger partial charge in [0.2, 0.25) is 0 Å². The minimum Gasteiger partial charge on any atom is -0.493 e. The van der Waals surface area contributed by atoms with Crippen LogP contribution in [0.4, 0.5) is 0 Å². The third-order valence-corrected chi connectivity index (χ3v) is 5.21. The molecule has 0 aliphatic carbocycles. The van der Waals surface area contributed by atoms with Crippen LogP contribution in [-0.4, -0.2) is 35.9 Å². The first kappa shape index (κ1) is 19.4. The number of rotatable bonds is 6. The third-order valence-electron chi connectivity index (χ3n) is 4.68. The van der Waals surface area contributed by atoms with Crippen LogP contribution >= 0.6 is 15.9 Å². The molecule has 0 radical (unpaired) electrons. The highest BCUT2D eigenvalue weighted by Crippen LogP contribution is 2.35. The lowest BCUT2D eigenvalue weighted by Crippen LogP contribution is -1.98. The number of benzene rings is 2. The average Bonchev–Trinajstić information content (AvgIpc) is 3.12. The lowest BCUT2D eigenvalue weighted by molar-refractivity contribution is 0.181. The van der Waals surface area contributed by atoms with Crippen molar-refractivity contribution in [2.45, 2.75) is 6.61 Å². The summed E-state index contributed by atoms with van der Waals surface area (Å²) in [5, 5.41) is 4.82. The van der Waals surface area contributed by atoms with Crippen molar-refractivity contribution in [1.29, 1.82) is 0 Å². The molecule has 0 spiro atoms. The SMILES string of the molecule is COCc1nn2c(-c3ccc(OC)c(OC)c3)ccnc2c1-c1ccc(Br)cc1. The van der Waals surface area contributed by atoms with Gasteiger partial charge in [-0.1, -0.05) is 28.1 Å². The third kappa shape index (κ3) is 3.59. The molecule has 7 heteroatoms. The zero-order valence-electron chi connectivity index (χ0n) is 16.3. The highest BCUT2D eigenvalue weighted by molar-refractivity contribution is 9.10. The fourth-order valence-electron chi connectivity index (χ4n) is 3.35. The Balaban J connectivity index is 1.94. The smallest absolute Gasteiger partial charge is 0.163 e. The number of halogens is 1. The van der Waals surface area contributed by atoms with Crippen molar-refractivity contribution in [3.05, 3.63) is 64.9 Å². The highest BCUT2D eigenvalue weighted by atomic mass is 79.9. The van der Waals surface area contributed by atoms with E-state index in [1.54, 1.807) is 27.5 Å². The molecule has 2 aromatic carbocycles. The molecule has 6 nitrogen and oxygen atoms in total. The summed E-state index contributed by atoms with van der Waals surface area (Å²) in [5.41, 5.74) is 5.44. The summed E-state index contributed by atoms with van der Waals surface area (Å²) in [6.07, 6.45) is 1.79. The Morgan fingerprint density at radius 1 is 0.897 bits per heavy atom. The van der Waals surface area contributed by atoms with Gasteiger partial charge in [-0.2, -0.15) is 5.10 Å². The van der Waals surface area contributed by atoms with Crippen molar-refractivity contribution in [3.8, 4) is 33.9 Å². The molecular weight excluding hydrogens is 434 g/mol. The molecule has 0 amide bonds. The van der Waals surface area contributed by atoms with Gasteiger partial charge in [0, 0.05) is 23.3 Å². The van der Waals surface area contributed by atoms with E-state index in [0.29, 0.717) is 18.1 Å². The first-order valence-corrected chi connectivity index (χ1v) is 9.79. The summed E-state index contributed by atoms with van der Waals surface area (Å²) in [5.74, 6) is 1.34. The Morgan fingerprint density at radius 3 is 2.31 bits per heavy atom. The van der Waals surface area contributed by atoms with Crippen LogP contribution in [-0.2, 0) is 11.3 Å². The number of ether oxygens (including phenoxy) is 3. The molecule has 0 aliphatic heterocycles. The number of hydrogen-bond donors (Lipinski definition) is 0. The van der Waals surface area contributed by atoms with Crippen molar-refractivity contribution in [2.24, 2.45) is 0 Å². The Hall–Kier alpha value is -2.90. The zero-order valence-corrected chi connectivity index (χ0v) is 17.9. The van der Waals surface area contributed by atoms with Crippen LogP contribution in [0.2, 0.25) is 0 Å². The quantitative estimate of drug-likeness (QED) is 0.411. The summed E-state index contributed by atoms with van der Waals surface area (Å²) >= 11 is 3.49. The second-order valence-corrected chi connectivity index (χ2v) is 7.31. The average molecular weight is 454 g/mol. The van der Waals surface area contributed by atoms with E-state index in [2.05, 4.69) is 20.9 Å². The second kappa shape index (κ2) is 8.23. The van der Waals surface area contributed by atoms with Crippen molar-refractivity contribution in [2.75, 3.05) is 21.3 Å². The monoisotopic (exact) mass is 453 g/mol. The molecule has 0 fully saturated rings. The van der Waals surface area contributed by atoms with Gasteiger partial charge < -0.3 is 14.2 Å². The molecular formula is C22H20BrN3O3. The Morgan fingerprint density at radius 2 is 1.62 bits per heavy atom. The van der Waals surface area contributed by atoms with Crippen LogP contribution in [0.15, 0.2) is 59.2 Å². The van der Waals surface area contributed by atoms with E-state index in [4.69, 9.17) is 19.3 Å². The van der Waals surface area contributed by atoms with Crippen LogP contribution in [0.25, 0.3) is 28.0 Å². The second-order valence-electron chi connectivity index (χ2n) is 6.40. The molecule has 0 N–H and O–H groups in total. The van der Waals surface area contributed by atoms with E-state index in [1.807, 2.05) is 53.0 Å². The van der Waals surface area contributed by atoms with E-state index >= 15 is 0 Å². The zero-order chi connectivity index (χ0) is 20.4. The standard InChI is InChI=1S/C22H20BrN3O3/c1-27-13-17-21(14-4-7-16(23)8-5-14)22-24-11-10-18(26(22)25-17)15-6-9-19(28-2)20(12-15)29-3/h4-12H,13H2,1-3H3. The van der Waals surface area contributed by atoms with Crippen molar-refractivity contribution < 1.29 is 14.2 Å². The number of fused-ring (bicyclic) bond motifs is 1. The number of methoxy groups -OCH3 is 3. The highest BCUT2D eigenvalue weighted by Gasteiger charge is 2.19. The normalized spacial score (nSPS) is 11.0. The fraction of sp³-hybridized carbons (Fsp3) is 0.182. The molecule has 0 aliphatic rings. The first-order valence-electron chi connectivity index (χ1n) is 9.00. The minimum atomic E-state index is 0.389. The van der Waals surface area contributed by atoms with Gasteiger partial charge in [0.1, 0.15) is 0 Å². The number of hydrogen-bond acceptors (Lipinski definition) is 5. The summed E-state index contributed by atoms with van der Waals surface area (Å²) in [6.45, 7) is 0.389. The maximum absolute atomic E-state index is 5.46. The summed E-state index contributed by atoms with van der Waals surface area (Å²) in [6, 6.07) is 15.8. The topological polar surface area (TPSA) is 57.9 Å². The Labute approximate surface area is 177 Å². The Kier molecular flexibility index (Phi) is 5.51. The van der Waals surface area contributed by atoms with Crippen LogP contribution in [0.1, 0.15) is 5.69 Å². The molecule has 0 saturated carbocycles. The predicted molar refractivity (Wildman–Crippen MR) is 115 cm³/mol. The van der Waals surface area contributed by atoms with Crippen molar-refractivity contribution in [1.82, 2.24) is 14.6 Å². The molecule has 0 unspecified atom stereocenters. The van der Waals surface area contributed by atoms with Gasteiger partial charge in [-0.3, -0.25) is 0 Å². The number of nitrogens with zero attached hydrogens (tertiary/aromatic N) is 3. The van der Waals surface area contributed by atoms with Gasteiger partial charge in [0.15, 0.2) is 17.1 Å². The molecule has 29 heavy (non-hydrogen) atoms. The molecule has 4 rings (SSSR count). The lowest BCUT2D eigenvalue weighted by atomic mass is 10.1. The van der Waals surface area contributed by atoms with E-state index in [1.165, 1.54) is 0 Å². The molecule has 0 bridgehead atoms. The first-order chi connectivity index (χ1) is 14.2. The van der Waals surface area contributed by atoms with E-state index < -0.39 is 0 Å². The summed E-state index contributed by atoms with van der Waals surface area (Å²) < 4.78 is 19.1. The molecule has 148 valence electrons. The summed E-state index contributed by atoms with van der Waals surface area (Å²) in [4.78, 5) is 4.62. The van der Waals surface area contributed by atoms with E-state index in [9.17, 15) is 0 Å². The number of aromatic nitrogens is 3. The maximum atomic E-state index is 5.46.